The number of hydrogen-bond donors (Lipinski definition) is 1. The maximum absolute atomic E-state index is 5.60. The monoisotopic (exact) mass is 218 g/mol. The van der Waals surface area contributed by atoms with Crippen LogP contribution in [0.2, 0.25) is 0 Å². The SMILES string of the molecule is CC(CCS)CCOCCC(C)(C)C. The van der Waals surface area contributed by atoms with Gasteiger partial charge in [0.1, 0.15) is 0 Å². The molecule has 1 atom stereocenters. The van der Waals surface area contributed by atoms with Gasteiger partial charge in [-0.2, -0.15) is 12.6 Å². The van der Waals surface area contributed by atoms with E-state index in [1.165, 1.54) is 12.8 Å². The zero-order chi connectivity index (χ0) is 11.0. The fraction of sp³-hybridized carbons (Fsp3) is 1.00. The summed E-state index contributed by atoms with van der Waals surface area (Å²) in [7, 11) is 0. The van der Waals surface area contributed by atoms with Crippen molar-refractivity contribution in [2.24, 2.45) is 11.3 Å². The molecule has 0 amide bonds. The molecule has 0 N–H and O–H groups in total. The molecule has 0 fully saturated rings. The van der Waals surface area contributed by atoms with Gasteiger partial charge in [-0.15, -0.1) is 0 Å². The Bertz CT molecular complexity index is 129. The lowest BCUT2D eigenvalue weighted by atomic mass is 9.93. The minimum Gasteiger partial charge on any atom is -0.381 e. The Morgan fingerprint density at radius 2 is 1.79 bits per heavy atom. The van der Waals surface area contributed by atoms with Gasteiger partial charge in [-0.05, 0) is 36.3 Å². The lowest BCUT2D eigenvalue weighted by Gasteiger charge is -2.18. The summed E-state index contributed by atoms with van der Waals surface area (Å²) in [6, 6.07) is 0. The topological polar surface area (TPSA) is 9.23 Å². The highest BCUT2D eigenvalue weighted by molar-refractivity contribution is 7.80. The van der Waals surface area contributed by atoms with Gasteiger partial charge in [-0.1, -0.05) is 27.7 Å². The van der Waals surface area contributed by atoms with Crippen LogP contribution < -0.4 is 0 Å². The maximum atomic E-state index is 5.60. The zero-order valence-corrected chi connectivity index (χ0v) is 11.1. The summed E-state index contributed by atoms with van der Waals surface area (Å²) in [5, 5.41) is 0. The van der Waals surface area contributed by atoms with Gasteiger partial charge in [0.2, 0.25) is 0 Å². The van der Waals surface area contributed by atoms with E-state index >= 15 is 0 Å². The van der Waals surface area contributed by atoms with Crippen LogP contribution >= 0.6 is 12.6 Å². The van der Waals surface area contributed by atoms with Crippen molar-refractivity contribution in [3.05, 3.63) is 0 Å². The van der Waals surface area contributed by atoms with Crippen molar-refractivity contribution in [2.45, 2.75) is 47.0 Å². The Kier molecular flexibility index (Phi) is 7.75. The van der Waals surface area contributed by atoms with Crippen LogP contribution in [-0.2, 0) is 4.74 Å². The largest absolute Gasteiger partial charge is 0.381 e. The van der Waals surface area contributed by atoms with Gasteiger partial charge < -0.3 is 4.74 Å². The molecule has 0 spiro atoms. The van der Waals surface area contributed by atoms with Gasteiger partial charge in [0, 0.05) is 13.2 Å². The van der Waals surface area contributed by atoms with Crippen LogP contribution in [0.3, 0.4) is 0 Å². The highest BCUT2D eigenvalue weighted by Crippen LogP contribution is 2.18. The van der Waals surface area contributed by atoms with Crippen LogP contribution in [0.5, 0.6) is 0 Å². The van der Waals surface area contributed by atoms with Crippen molar-refractivity contribution >= 4 is 12.6 Å². The van der Waals surface area contributed by atoms with Crippen molar-refractivity contribution in [2.75, 3.05) is 19.0 Å². The molecule has 0 saturated heterocycles. The molecular formula is C12H26OS. The molecule has 0 bridgehead atoms. The molecule has 0 saturated carbocycles. The minimum absolute atomic E-state index is 0.400. The van der Waals surface area contributed by atoms with E-state index < -0.39 is 0 Å². The van der Waals surface area contributed by atoms with Crippen molar-refractivity contribution in [1.29, 1.82) is 0 Å². The smallest absolute Gasteiger partial charge is 0.0471 e. The molecule has 2 heteroatoms. The van der Waals surface area contributed by atoms with Crippen molar-refractivity contribution in [3.63, 3.8) is 0 Å². The second-order valence-corrected chi connectivity index (χ2v) is 5.78. The number of thiol groups is 1. The normalized spacial score (nSPS) is 14.4. The fourth-order valence-electron chi connectivity index (χ4n) is 1.13. The molecule has 0 aliphatic carbocycles. The predicted octanol–water partition coefficient (Wildman–Crippen LogP) is 3.79. The van der Waals surface area contributed by atoms with Gasteiger partial charge >= 0.3 is 0 Å². The van der Waals surface area contributed by atoms with Crippen LogP contribution in [0.15, 0.2) is 0 Å². The molecule has 0 aromatic heterocycles. The Labute approximate surface area is 95.0 Å². The van der Waals surface area contributed by atoms with Crippen LogP contribution in [0.1, 0.15) is 47.0 Å². The Hall–Kier alpha value is 0.310. The van der Waals surface area contributed by atoms with Gasteiger partial charge in [-0.25, -0.2) is 0 Å². The Morgan fingerprint density at radius 1 is 1.14 bits per heavy atom. The van der Waals surface area contributed by atoms with Crippen molar-refractivity contribution in [1.82, 2.24) is 0 Å². The number of rotatable bonds is 7. The summed E-state index contributed by atoms with van der Waals surface area (Å²) < 4.78 is 5.60. The molecule has 1 unspecified atom stereocenters. The van der Waals surface area contributed by atoms with Crippen LogP contribution in [-0.4, -0.2) is 19.0 Å². The first-order valence-electron chi connectivity index (χ1n) is 5.64. The van der Waals surface area contributed by atoms with E-state index in [9.17, 15) is 0 Å². The fourth-order valence-corrected chi connectivity index (χ4v) is 1.57. The average molecular weight is 218 g/mol. The van der Waals surface area contributed by atoms with Crippen LogP contribution in [0.25, 0.3) is 0 Å². The summed E-state index contributed by atoms with van der Waals surface area (Å²) in [5.41, 5.74) is 0.400. The third-order valence-electron chi connectivity index (χ3n) is 2.37. The summed E-state index contributed by atoms with van der Waals surface area (Å²) >= 11 is 4.22. The lowest BCUT2D eigenvalue weighted by molar-refractivity contribution is 0.0982. The predicted molar refractivity (Wildman–Crippen MR) is 67.1 cm³/mol. The van der Waals surface area contributed by atoms with E-state index in [1.807, 2.05) is 0 Å². The molecule has 0 aromatic rings. The molecule has 0 aliphatic heterocycles. The van der Waals surface area contributed by atoms with E-state index in [0.717, 1.165) is 31.3 Å². The highest BCUT2D eigenvalue weighted by atomic mass is 32.1. The first-order chi connectivity index (χ1) is 6.45. The molecule has 0 aliphatic rings. The van der Waals surface area contributed by atoms with E-state index in [0.29, 0.717) is 5.41 Å². The molecule has 0 aromatic carbocycles. The maximum Gasteiger partial charge on any atom is 0.0471 e. The van der Waals surface area contributed by atoms with Crippen molar-refractivity contribution in [3.8, 4) is 0 Å². The molecule has 1 nitrogen and oxygen atoms in total. The van der Waals surface area contributed by atoms with Gasteiger partial charge in [0.05, 0.1) is 0 Å². The Balaban J connectivity index is 3.21. The second-order valence-electron chi connectivity index (χ2n) is 5.33. The van der Waals surface area contributed by atoms with Crippen LogP contribution in [0, 0.1) is 11.3 Å². The quantitative estimate of drug-likeness (QED) is 0.505. The van der Waals surface area contributed by atoms with Crippen LogP contribution in [0.4, 0.5) is 0 Å². The molecular weight excluding hydrogens is 192 g/mol. The average Bonchev–Trinajstić information content (AvgIpc) is 2.02. The highest BCUT2D eigenvalue weighted by Gasteiger charge is 2.09. The second kappa shape index (κ2) is 7.58. The Morgan fingerprint density at radius 3 is 2.29 bits per heavy atom. The van der Waals surface area contributed by atoms with E-state index in [2.05, 4.69) is 40.3 Å². The molecule has 14 heavy (non-hydrogen) atoms. The van der Waals surface area contributed by atoms with Crippen molar-refractivity contribution < 1.29 is 4.74 Å². The lowest BCUT2D eigenvalue weighted by Crippen LogP contribution is -2.11. The summed E-state index contributed by atoms with van der Waals surface area (Å²) in [5.74, 6) is 1.74. The molecule has 0 rings (SSSR count). The first kappa shape index (κ1) is 14.3. The molecule has 0 heterocycles. The summed E-state index contributed by atoms with van der Waals surface area (Å²) in [6.45, 7) is 10.8. The van der Waals surface area contributed by atoms with E-state index in [1.54, 1.807) is 0 Å². The van der Waals surface area contributed by atoms with E-state index in [-0.39, 0.29) is 0 Å². The number of ether oxygens (including phenoxy) is 1. The van der Waals surface area contributed by atoms with Gasteiger partial charge in [-0.3, -0.25) is 0 Å². The molecule has 0 radical (unpaired) electrons. The van der Waals surface area contributed by atoms with Gasteiger partial charge in [0.15, 0.2) is 0 Å². The zero-order valence-electron chi connectivity index (χ0n) is 10.2. The number of hydrogen-bond acceptors (Lipinski definition) is 2. The molecule has 86 valence electrons. The van der Waals surface area contributed by atoms with E-state index in [4.69, 9.17) is 4.74 Å². The third-order valence-corrected chi connectivity index (χ3v) is 2.63. The first-order valence-corrected chi connectivity index (χ1v) is 6.27. The third kappa shape index (κ3) is 10.4. The summed E-state index contributed by atoms with van der Waals surface area (Å²) in [4.78, 5) is 0. The van der Waals surface area contributed by atoms with Gasteiger partial charge in [0.25, 0.3) is 0 Å². The standard InChI is InChI=1S/C12H26OS/c1-11(6-10-14)5-8-13-9-7-12(2,3)4/h11,14H,5-10H2,1-4H3. The summed E-state index contributed by atoms with van der Waals surface area (Å²) in [6.07, 6.45) is 3.52. The minimum atomic E-state index is 0.400.